The van der Waals surface area contributed by atoms with E-state index in [1.807, 2.05) is 35.2 Å². The largest absolute Gasteiger partial charge is 0.486 e. The maximum atomic E-state index is 12.9. The molecule has 0 saturated carbocycles. The highest BCUT2D eigenvalue weighted by Crippen LogP contribution is 2.31. The summed E-state index contributed by atoms with van der Waals surface area (Å²) in [6.45, 7) is 2.79. The number of nitrogens with two attached hydrogens (primary N) is 1. The van der Waals surface area contributed by atoms with Crippen molar-refractivity contribution in [2.24, 2.45) is 5.73 Å². The number of hydrogen-bond donors (Lipinski definition) is 1. The molecular weight excluding hydrogens is 304 g/mol. The second kappa shape index (κ2) is 7.84. The van der Waals surface area contributed by atoms with Crippen molar-refractivity contribution in [1.29, 1.82) is 0 Å². The van der Waals surface area contributed by atoms with Crippen molar-refractivity contribution in [1.82, 2.24) is 4.90 Å². The molecule has 3 rings (SSSR count). The van der Waals surface area contributed by atoms with E-state index in [-0.39, 0.29) is 5.91 Å². The molecule has 1 heterocycles. The molecule has 2 aromatic rings. The van der Waals surface area contributed by atoms with Gasteiger partial charge >= 0.3 is 0 Å². The highest BCUT2D eigenvalue weighted by atomic mass is 16.6. The van der Waals surface area contributed by atoms with Crippen LogP contribution in [0.3, 0.4) is 0 Å². The lowest BCUT2D eigenvalue weighted by Crippen LogP contribution is -2.32. The third-order valence-electron chi connectivity index (χ3n) is 3.92. The van der Waals surface area contributed by atoms with Gasteiger partial charge in [0.25, 0.3) is 5.91 Å². The lowest BCUT2D eigenvalue weighted by Gasteiger charge is -2.24. The summed E-state index contributed by atoms with van der Waals surface area (Å²) in [6.07, 6.45) is 0.767. The quantitative estimate of drug-likeness (QED) is 0.885. The maximum Gasteiger partial charge on any atom is 0.254 e. The number of nitrogens with zero attached hydrogens (tertiary/aromatic N) is 1. The molecule has 5 heteroatoms. The van der Waals surface area contributed by atoms with Crippen molar-refractivity contribution in [3.8, 4) is 11.5 Å². The Hall–Kier alpha value is -2.53. The van der Waals surface area contributed by atoms with Crippen LogP contribution in [0.25, 0.3) is 0 Å². The summed E-state index contributed by atoms with van der Waals surface area (Å²) in [5.41, 5.74) is 7.33. The van der Waals surface area contributed by atoms with Gasteiger partial charge in [-0.1, -0.05) is 30.3 Å². The van der Waals surface area contributed by atoms with Gasteiger partial charge in [-0.3, -0.25) is 4.79 Å². The van der Waals surface area contributed by atoms with E-state index in [0.717, 1.165) is 12.0 Å². The van der Waals surface area contributed by atoms with Crippen LogP contribution in [0.2, 0.25) is 0 Å². The molecule has 0 saturated heterocycles. The minimum Gasteiger partial charge on any atom is -0.486 e. The molecule has 0 spiro atoms. The summed E-state index contributed by atoms with van der Waals surface area (Å²) in [4.78, 5) is 14.8. The van der Waals surface area contributed by atoms with E-state index < -0.39 is 0 Å². The molecule has 0 aromatic heterocycles. The fourth-order valence-corrected chi connectivity index (χ4v) is 2.70. The van der Waals surface area contributed by atoms with E-state index in [9.17, 15) is 4.79 Å². The number of ether oxygens (including phenoxy) is 2. The van der Waals surface area contributed by atoms with E-state index in [1.54, 1.807) is 18.2 Å². The van der Waals surface area contributed by atoms with Crippen LogP contribution in [0.1, 0.15) is 22.3 Å². The van der Waals surface area contributed by atoms with Crippen LogP contribution in [0.15, 0.2) is 48.5 Å². The highest BCUT2D eigenvalue weighted by Gasteiger charge is 2.19. The van der Waals surface area contributed by atoms with Crippen LogP contribution in [0.4, 0.5) is 0 Å². The Morgan fingerprint density at radius 2 is 1.79 bits per heavy atom. The Balaban J connectivity index is 1.79. The molecule has 1 amide bonds. The SMILES string of the molecule is NCCCN(Cc1ccccc1)C(=O)c1ccc2c(c1)OCCO2. The van der Waals surface area contributed by atoms with Crippen molar-refractivity contribution in [2.75, 3.05) is 26.3 Å². The van der Waals surface area contributed by atoms with Gasteiger partial charge in [0.05, 0.1) is 0 Å². The number of carbonyl (C=O) groups excluding carboxylic acids is 1. The third kappa shape index (κ3) is 3.86. The Bertz CT molecular complexity index is 688. The summed E-state index contributed by atoms with van der Waals surface area (Å²) < 4.78 is 11.1. The van der Waals surface area contributed by atoms with Gasteiger partial charge < -0.3 is 20.1 Å². The molecular formula is C19H22N2O3. The zero-order valence-electron chi connectivity index (χ0n) is 13.6. The molecule has 2 aromatic carbocycles. The number of rotatable bonds is 6. The van der Waals surface area contributed by atoms with Gasteiger partial charge in [-0.2, -0.15) is 0 Å². The van der Waals surface area contributed by atoms with Crippen LogP contribution < -0.4 is 15.2 Å². The van der Waals surface area contributed by atoms with Crippen molar-refractivity contribution in [2.45, 2.75) is 13.0 Å². The van der Waals surface area contributed by atoms with Crippen LogP contribution in [0, 0.1) is 0 Å². The zero-order valence-corrected chi connectivity index (χ0v) is 13.6. The van der Waals surface area contributed by atoms with Gasteiger partial charge in [0.1, 0.15) is 13.2 Å². The smallest absolute Gasteiger partial charge is 0.254 e. The second-order valence-electron chi connectivity index (χ2n) is 5.71. The molecule has 126 valence electrons. The van der Waals surface area contributed by atoms with E-state index in [4.69, 9.17) is 15.2 Å². The fraction of sp³-hybridized carbons (Fsp3) is 0.316. The molecule has 0 unspecified atom stereocenters. The average molecular weight is 326 g/mol. The minimum absolute atomic E-state index is 0.0238. The Morgan fingerprint density at radius 3 is 2.54 bits per heavy atom. The van der Waals surface area contributed by atoms with E-state index in [0.29, 0.717) is 49.9 Å². The van der Waals surface area contributed by atoms with Crippen LogP contribution >= 0.6 is 0 Å². The van der Waals surface area contributed by atoms with Crippen molar-refractivity contribution < 1.29 is 14.3 Å². The van der Waals surface area contributed by atoms with Crippen LogP contribution in [-0.4, -0.2) is 37.1 Å². The molecule has 1 aliphatic heterocycles. The van der Waals surface area contributed by atoms with Gasteiger partial charge in [0, 0.05) is 18.7 Å². The predicted octanol–water partition coefficient (Wildman–Crippen LogP) is 2.45. The molecule has 0 fully saturated rings. The lowest BCUT2D eigenvalue weighted by molar-refractivity contribution is 0.0741. The third-order valence-corrected chi connectivity index (χ3v) is 3.92. The number of carbonyl (C=O) groups is 1. The standard InChI is InChI=1S/C19H22N2O3/c20-9-4-10-21(14-15-5-2-1-3-6-15)19(22)16-7-8-17-18(13-16)24-12-11-23-17/h1-3,5-8,13H,4,9-12,14,20H2. The molecule has 24 heavy (non-hydrogen) atoms. The predicted molar refractivity (Wildman–Crippen MR) is 92.3 cm³/mol. The Morgan fingerprint density at radius 1 is 1.04 bits per heavy atom. The molecule has 2 N–H and O–H groups in total. The average Bonchev–Trinajstić information content (AvgIpc) is 2.65. The Labute approximate surface area is 142 Å². The van der Waals surface area contributed by atoms with E-state index in [1.165, 1.54) is 0 Å². The first-order chi connectivity index (χ1) is 11.8. The molecule has 0 aliphatic carbocycles. The number of amides is 1. The summed E-state index contributed by atoms with van der Waals surface area (Å²) in [7, 11) is 0. The summed E-state index contributed by atoms with van der Waals surface area (Å²) >= 11 is 0. The minimum atomic E-state index is -0.0238. The lowest BCUT2D eigenvalue weighted by atomic mass is 10.1. The second-order valence-corrected chi connectivity index (χ2v) is 5.71. The maximum absolute atomic E-state index is 12.9. The van der Waals surface area contributed by atoms with Gasteiger partial charge in [-0.05, 0) is 36.7 Å². The zero-order chi connectivity index (χ0) is 16.8. The van der Waals surface area contributed by atoms with Crippen molar-refractivity contribution in [3.05, 3.63) is 59.7 Å². The normalized spacial score (nSPS) is 12.7. The van der Waals surface area contributed by atoms with Crippen molar-refractivity contribution in [3.63, 3.8) is 0 Å². The molecule has 0 atom stereocenters. The van der Waals surface area contributed by atoms with E-state index in [2.05, 4.69) is 0 Å². The number of benzene rings is 2. The monoisotopic (exact) mass is 326 g/mol. The summed E-state index contributed by atoms with van der Waals surface area (Å²) in [5.74, 6) is 1.30. The first-order valence-corrected chi connectivity index (χ1v) is 8.21. The van der Waals surface area contributed by atoms with Gasteiger partial charge in [0.2, 0.25) is 0 Å². The topological polar surface area (TPSA) is 64.8 Å². The molecule has 0 bridgehead atoms. The molecule has 5 nitrogen and oxygen atoms in total. The number of hydrogen-bond acceptors (Lipinski definition) is 4. The van der Waals surface area contributed by atoms with Crippen LogP contribution in [0.5, 0.6) is 11.5 Å². The van der Waals surface area contributed by atoms with Gasteiger partial charge in [0.15, 0.2) is 11.5 Å². The summed E-state index contributed by atoms with van der Waals surface area (Å²) in [6, 6.07) is 15.3. The van der Waals surface area contributed by atoms with E-state index >= 15 is 0 Å². The Kier molecular flexibility index (Phi) is 5.33. The first kappa shape index (κ1) is 16.3. The van der Waals surface area contributed by atoms with Crippen LogP contribution in [-0.2, 0) is 6.54 Å². The fourth-order valence-electron chi connectivity index (χ4n) is 2.70. The molecule has 1 aliphatic rings. The summed E-state index contributed by atoms with van der Waals surface area (Å²) in [5, 5.41) is 0. The van der Waals surface area contributed by atoms with Gasteiger partial charge in [-0.25, -0.2) is 0 Å². The molecule has 0 radical (unpaired) electrons. The highest BCUT2D eigenvalue weighted by molar-refractivity contribution is 5.95. The first-order valence-electron chi connectivity index (χ1n) is 8.21. The van der Waals surface area contributed by atoms with Gasteiger partial charge in [-0.15, -0.1) is 0 Å². The van der Waals surface area contributed by atoms with Crippen molar-refractivity contribution >= 4 is 5.91 Å². The number of fused-ring (bicyclic) bond motifs is 1.